The summed E-state index contributed by atoms with van der Waals surface area (Å²) in [5, 5.41) is 12.7. The molecule has 0 spiro atoms. The maximum atomic E-state index is 9.51. The molecular formula is C12H21N3O2. The second kappa shape index (κ2) is 6.51. The summed E-state index contributed by atoms with van der Waals surface area (Å²) < 4.78 is 4.86. The number of aromatic nitrogens is 2. The zero-order chi connectivity index (χ0) is 12.8. The van der Waals surface area contributed by atoms with Crippen molar-refractivity contribution in [3.8, 4) is 0 Å². The van der Waals surface area contributed by atoms with E-state index in [-0.39, 0.29) is 0 Å². The molecule has 0 radical (unpaired) electrons. The monoisotopic (exact) mass is 239 g/mol. The molecule has 5 nitrogen and oxygen atoms in total. The fraction of sp³-hybridized carbons (Fsp3) is 0.667. The standard InChI is InChI=1S/C12H21N3O2/c1-8-9(2)14-10(3)15-12(8)13-6-5-11(16)7-17-4/h11,16H,5-7H2,1-4H3,(H,13,14,15). The second-order valence-corrected chi connectivity index (χ2v) is 4.15. The SMILES string of the molecule is COCC(O)CCNc1nc(C)nc(C)c1C. The van der Waals surface area contributed by atoms with Gasteiger partial charge in [0.25, 0.3) is 0 Å². The van der Waals surface area contributed by atoms with Crippen LogP contribution in [0.25, 0.3) is 0 Å². The number of nitrogens with zero attached hydrogens (tertiary/aromatic N) is 2. The maximum absolute atomic E-state index is 9.51. The Hall–Kier alpha value is -1.20. The normalized spacial score (nSPS) is 12.5. The van der Waals surface area contributed by atoms with Gasteiger partial charge >= 0.3 is 0 Å². The van der Waals surface area contributed by atoms with Crippen LogP contribution in [-0.2, 0) is 4.74 Å². The number of hydrogen-bond donors (Lipinski definition) is 2. The van der Waals surface area contributed by atoms with E-state index in [0.29, 0.717) is 19.6 Å². The van der Waals surface area contributed by atoms with Crippen LogP contribution < -0.4 is 5.32 Å². The van der Waals surface area contributed by atoms with Crippen LogP contribution in [0.5, 0.6) is 0 Å². The summed E-state index contributed by atoms with van der Waals surface area (Å²) in [5.41, 5.74) is 2.04. The molecule has 0 aliphatic carbocycles. The summed E-state index contributed by atoms with van der Waals surface area (Å²) in [5.74, 6) is 1.60. The van der Waals surface area contributed by atoms with E-state index in [9.17, 15) is 5.11 Å². The van der Waals surface area contributed by atoms with Gasteiger partial charge in [0.15, 0.2) is 0 Å². The van der Waals surface area contributed by atoms with Crippen LogP contribution in [0.2, 0.25) is 0 Å². The highest BCUT2D eigenvalue weighted by atomic mass is 16.5. The first-order chi connectivity index (χ1) is 8.04. The molecule has 1 heterocycles. The van der Waals surface area contributed by atoms with Crippen molar-refractivity contribution in [1.29, 1.82) is 0 Å². The van der Waals surface area contributed by atoms with Gasteiger partial charge < -0.3 is 15.2 Å². The number of aliphatic hydroxyl groups is 1. The summed E-state index contributed by atoms with van der Waals surface area (Å²) in [7, 11) is 1.58. The van der Waals surface area contributed by atoms with Gasteiger partial charge in [-0.1, -0.05) is 0 Å². The van der Waals surface area contributed by atoms with Crippen molar-refractivity contribution in [2.24, 2.45) is 0 Å². The smallest absolute Gasteiger partial charge is 0.132 e. The van der Waals surface area contributed by atoms with Crippen molar-refractivity contribution in [3.63, 3.8) is 0 Å². The molecule has 1 atom stereocenters. The molecule has 0 saturated carbocycles. The largest absolute Gasteiger partial charge is 0.391 e. The summed E-state index contributed by atoms with van der Waals surface area (Å²) >= 11 is 0. The van der Waals surface area contributed by atoms with E-state index in [0.717, 1.165) is 22.9 Å². The predicted molar refractivity (Wildman–Crippen MR) is 67.2 cm³/mol. The number of aryl methyl sites for hydroxylation is 2. The van der Waals surface area contributed by atoms with E-state index in [1.54, 1.807) is 7.11 Å². The topological polar surface area (TPSA) is 67.3 Å². The minimum absolute atomic E-state index is 0.364. The Morgan fingerprint density at radius 2 is 2.00 bits per heavy atom. The molecule has 1 aromatic heterocycles. The van der Waals surface area contributed by atoms with Gasteiger partial charge in [-0.2, -0.15) is 0 Å². The summed E-state index contributed by atoms with van der Waals surface area (Å²) in [4.78, 5) is 8.63. The molecule has 0 aromatic carbocycles. The molecule has 0 fully saturated rings. The van der Waals surface area contributed by atoms with Crippen molar-refractivity contribution in [2.75, 3.05) is 25.6 Å². The van der Waals surface area contributed by atoms with E-state index in [1.165, 1.54) is 0 Å². The van der Waals surface area contributed by atoms with Gasteiger partial charge in [-0.25, -0.2) is 9.97 Å². The lowest BCUT2D eigenvalue weighted by Crippen LogP contribution is -2.19. The van der Waals surface area contributed by atoms with Crippen LogP contribution in [0.1, 0.15) is 23.5 Å². The first-order valence-corrected chi connectivity index (χ1v) is 5.77. The van der Waals surface area contributed by atoms with Gasteiger partial charge in [-0.15, -0.1) is 0 Å². The van der Waals surface area contributed by atoms with Gasteiger partial charge in [-0.3, -0.25) is 0 Å². The second-order valence-electron chi connectivity index (χ2n) is 4.15. The molecule has 1 unspecified atom stereocenters. The number of methoxy groups -OCH3 is 1. The van der Waals surface area contributed by atoms with Crippen LogP contribution in [0.3, 0.4) is 0 Å². The third kappa shape index (κ3) is 4.28. The predicted octanol–water partition coefficient (Wildman–Crippen LogP) is 1.21. The molecule has 0 aliphatic heterocycles. The van der Waals surface area contributed by atoms with Crippen LogP contribution in [-0.4, -0.2) is 41.4 Å². The van der Waals surface area contributed by atoms with Crippen molar-refractivity contribution >= 4 is 5.82 Å². The summed E-state index contributed by atoms with van der Waals surface area (Å²) in [6, 6.07) is 0. The molecular weight excluding hydrogens is 218 g/mol. The molecule has 1 rings (SSSR count). The highest BCUT2D eigenvalue weighted by molar-refractivity contribution is 5.45. The van der Waals surface area contributed by atoms with Gasteiger partial charge in [-0.05, 0) is 27.2 Å². The third-order valence-electron chi connectivity index (χ3n) is 2.63. The highest BCUT2D eigenvalue weighted by Crippen LogP contribution is 2.14. The molecule has 0 bridgehead atoms. The average Bonchev–Trinajstić information content (AvgIpc) is 2.25. The summed E-state index contributed by atoms with van der Waals surface area (Å²) in [6.45, 7) is 6.86. The van der Waals surface area contributed by atoms with E-state index in [2.05, 4.69) is 15.3 Å². The Bertz CT molecular complexity index is 369. The van der Waals surface area contributed by atoms with E-state index in [4.69, 9.17) is 4.74 Å². The fourth-order valence-electron chi connectivity index (χ4n) is 1.57. The first-order valence-electron chi connectivity index (χ1n) is 5.77. The molecule has 96 valence electrons. The maximum Gasteiger partial charge on any atom is 0.132 e. The number of hydrogen-bond acceptors (Lipinski definition) is 5. The fourth-order valence-corrected chi connectivity index (χ4v) is 1.57. The van der Waals surface area contributed by atoms with Crippen molar-refractivity contribution < 1.29 is 9.84 Å². The quantitative estimate of drug-likeness (QED) is 0.781. The lowest BCUT2D eigenvalue weighted by Gasteiger charge is -2.13. The van der Waals surface area contributed by atoms with Crippen LogP contribution in [0.15, 0.2) is 0 Å². The van der Waals surface area contributed by atoms with Gasteiger partial charge in [0.1, 0.15) is 11.6 Å². The molecule has 0 amide bonds. The number of ether oxygens (including phenoxy) is 1. The molecule has 1 aromatic rings. The van der Waals surface area contributed by atoms with E-state index >= 15 is 0 Å². The van der Waals surface area contributed by atoms with Crippen LogP contribution in [0.4, 0.5) is 5.82 Å². The molecule has 5 heteroatoms. The molecule has 2 N–H and O–H groups in total. The van der Waals surface area contributed by atoms with E-state index < -0.39 is 6.10 Å². The van der Waals surface area contributed by atoms with Crippen molar-refractivity contribution in [3.05, 3.63) is 17.1 Å². The zero-order valence-corrected chi connectivity index (χ0v) is 10.9. The Labute approximate surface area is 102 Å². The molecule has 0 aliphatic rings. The van der Waals surface area contributed by atoms with Crippen LogP contribution in [0, 0.1) is 20.8 Å². The minimum atomic E-state index is -0.433. The Morgan fingerprint density at radius 1 is 1.29 bits per heavy atom. The number of anilines is 1. The number of aliphatic hydroxyl groups excluding tert-OH is 1. The van der Waals surface area contributed by atoms with E-state index in [1.807, 2.05) is 20.8 Å². The first kappa shape index (κ1) is 13.9. The Morgan fingerprint density at radius 3 is 2.65 bits per heavy atom. The average molecular weight is 239 g/mol. The van der Waals surface area contributed by atoms with Crippen LogP contribution >= 0.6 is 0 Å². The number of rotatable bonds is 6. The Balaban J connectivity index is 2.52. The van der Waals surface area contributed by atoms with Gasteiger partial charge in [0, 0.05) is 24.9 Å². The Kier molecular flexibility index (Phi) is 5.31. The minimum Gasteiger partial charge on any atom is -0.391 e. The highest BCUT2D eigenvalue weighted by Gasteiger charge is 2.07. The lowest BCUT2D eigenvalue weighted by atomic mass is 10.2. The third-order valence-corrected chi connectivity index (χ3v) is 2.63. The zero-order valence-electron chi connectivity index (χ0n) is 10.9. The van der Waals surface area contributed by atoms with Gasteiger partial charge in [0.2, 0.25) is 0 Å². The molecule has 17 heavy (non-hydrogen) atoms. The van der Waals surface area contributed by atoms with Crippen molar-refractivity contribution in [2.45, 2.75) is 33.3 Å². The molecule has 0 saturated heterocycles. The number of nitrogens with one attached hydrogen (secondary N) is 1. The summed E-state index contributed by atoms with van der Waals surface area (Å²) in [6.07, 6.45) is 0.201. The lowest BCUT2D eigenvalue weighted by molar-refractivity contribution is 0.0615. The van der Waals surface area contributed by atoms with Gasteiger partial charge in [0.05, 0.1) is 12.7 Å². The van der Waals surface area contributed by atoms with Crippen molar-refractivity contribution in [1.82, 2.24) is 9.97 Å².